The SMILES string of the molecule is CCCSCC(=O)N(CCc1ccccc1)CC(=O)O. The smallest absolute Gasteiger partial charge is 0.323 e. The van der Waals surface area contributed by atoms with Gasteiger partial charge in [0.1, 0.15) is 6.54 Å². The quantitative estimate of drug-likeness (QED) is 0.710. The van der Waals surface area contributed by atoms with E-state index in [9.17, 15) is 9.59 Å². The van der Waals surface area contributed by atoms with E-state index in [1.165, 1.54) is 4.90 Å². The number of rotatable bonds is 9. The van der Waals surface area contributed by atoms with Gasteiger partial charge < -0.3 is 10.0 Å². The van der Waals surface area contributed by atoms with E-state index in [1.807, 2.05) is 30.3 Å². The van der Waals surface area contributed by atoms with Gasteiger partial charge in [-0.2, -0.15) is 11.8 Å². The minimum atomic E-state index is -0.966. The number of benzene rings is 1. The lowest BCUT2D eigenvalue weighted by Crippen LogP contribution is -2.38. The minimum Gasteiger partial charge on any atom is -0.480 e. The molecule has 1 aromatic carbocycles. The maximum absolute atomic E-state index is 12.0. The molecule has 0 atom stereocenters. The second-order valence-electron chi connectivity index (χ2n) is 4.50. The average Bonchev–Trinajstić information content (AvgIpc) is 2.44. The van der Waals surface area contributed by atoms with Crippen LogP contribution in [0.1, 0.15) is 18.9 Å². The van der Waals surface area contributed by atoms with Gasteiger partial charge in [0.15, 0.2) is 0 Å². The summed E-state index contributed by atoms with van der Waals surface area (Å²) in [7, 11) is 0. The van der Waals surface area contributed by atoms with Crippen molar-refractivity contribution in [1.29, 1.82) is 0 Å². The first-order valence-electron chi connectivity index (χ1n) is 6.74. The van der Waals surface area contributed by atoms with E-state index < -0.39 is 5.97 Å². The number of aliphatic carboxylic acids is 1. The fourth-order valence-electron chi connectivity index (χ4n) is 1.76. The molecule has 0 aliphatic rings. The van der Waals surface area contributed by atoms with Gasteiger partial charge in [-0.1, -0.05) is 37.3 Å². The van der Waals surface area contributed by atoms with Crippen molar-refractivity contribution < 1.29 is 14.7 Å². The van der Waals surface area contributed by atoms with Crippen LogP contribution in [0.25, 0.3) is 0 Å². The monoisotopic (exact) mass is 295 g/mol. The predicted molar refractivity (Wildman–Crippen MR) is 82.0 cm³/mol. The Morgan fingerprint density at radius 1 is 1.25 bits per heavy atom. The van der Waals surface area contributed by atoms with Crippen LogP contribution in [0.2, 0.25) is 0 Å². The highest BCUT2D eigenvalue weighted by atomic mass is 32.2. The van der Waals surface area contributed by atoms with Crippen molar-refractivity contribution in [3.63, 3.8) is 0 Å². The van der Waals surface area contributed by atoms with Crippen molar-refractivity contribution in [2.75, 3.05) is 24.6 Å². The van der Waals surface area contributed by atoms with Gasteiger partial charge >= 0.3 is 5.97 Å². The van der Waals surface area contributed by atoms with Crippen LogP contribution in [0.15, 0.2) is 30.3 Å². The third kappa shape index (κ3) is 6.61. The summed E-state index contributed by atoms with van der Waals surface area (Å²) < 4.78 is 0. The van der Waals surface area contributed by atoms with E-state index >= 15 is 0 Å². The lowest BCUT2D eigenvalue weighted by Gasteiger charge is -2.20. The maximum Gasteiger partial charge on any atom is 0.323 e. The summed E-state index contributed by atoms with van der Waals surface area (Å²) in [5, 5.41) is 8.90. The predicted octanol–water partition coefficient (Wildman–Crippen LogP) is 2.29. The molecule has 1 N–H and O–H groups in total. The van der Waals surface area contributed by atoms with Crippen LogP contribution >= 0.6 is 11.8 Å². The molecule has 4 nitrogen and oxygen atoms in total. The number of carboxylic acid groups (broad SMARTS) is 1. The van der Waals surface area contributed by atoms with Gasteiger partial charge in [-0.15, -0.1) is 0 Å². The Morgan fingerprint density at radius 3 is 2.55 bits per heavy atom. The largest absolute Gasteiger partial charge is 0.480 e. The summed E-state index contributed by atoms with van der Waals surface area (Å²) in [4.78, 5) is 24.3. The zero-order valence-corrected chi connectivity index (χ0v) is 12.6. The summed E-state index contributed by atoms with van der Waals surface area (Å²) in [6, 6.07) is 9.78. The van der Waals surface area contributed by atoms with Crippen LogP contribution in [0, 0.1) is 0 Å². The second-order valence-corrected chi connectivity index (χ2v) is 5.60. The minimum absolute atomic E-state index is 0.0956. The third-order valence-corrected chi connectivity index (χ3v) is 3.91. The molecule has 0 aromatic heterocycles. The summed E-state index contributed by atoms with van der Waals surface area (Å²) in [5.74, 6) is 0.218. The van der Waals surface area contributed by atoms with E-state index in [4.69, 9.17) is 5.11 Å². The first-order valence-corrected chi connectivity index (χ1v) is 7.90. The summed E-state index contributed by atoms with van der Waals surface area (Å²) in [6.07, 6.45) is 1.69. The third-order valence-electron chi connectivity index (χ3n) is 2.77. The van der Waals surface area contributed by atoms with Crippen LogP contribution in [-0.2, 0) is 16.0 Å². The van der Waals surface area contributed by atoms with Crippen molar-refractivity contribution in [1.82, 2.24) is 4.90 Å². The van der Waals surface area contributed by atoms with Gasteiger partial charge in [-0.3, -0.25) is 9.59 Å². The molecule has 0 aliphatic carbocycles. The Hall–Kier alpha value is -1.49. The Morgan fingerprint density at radius 2 is 1.95 bits per heavy atom. The highest BCUT2D eigenvalue weighted by molar-refractivity contribution is 7.99. The van der Waals surface area contributed by atoms with Crippen molar-refractivity contribution in [3.05, 3.63) is 35.9 Å². The first kappa shape index (κ1) is 16.6. The van der Waals surface area contributed by atoms with Gasteiger partial charge in [-0.05, 0) is 24.2 Å². The summed E-state index contributed by atoms with van der Waals surface area (Å²) >= 11 is 1.55. The molecular weight excluding hydrogens is 274 g/mol. The van der Waals surface area contributed by atoms with Crippen LogP contribution in [-0.4, -0.2) is 46.5 Å². The topological polar surface area (TPSA) is 57.6 Å². The Bertz CT molecular complexity index is 422. The summed E-state index contributed by atoms with van der Waals surface area (Å²) in [6.45, 7) is 2.28. The molecule has 0 fully saturated rings. The standard InChI is InChI=1S/C15H21NO3S/c1-2-10-20-12-14(17)16(11-15(18)19)9-8-13-6-4-3-5-7-13/h3-7H,2,8-12H2,1H3,(H,18,19). The van der Waals surface area contributed by atoms with Crippen molar-refractivity contribution >= 4 is 23.6 Å². The van der Waals surface area contributed by atoms with Gasteiger partial charge in [0, 0.05) is 6.54 Å². The highest BCUT2D eigenvalue weighted by Gasteiger charge is 2.16. The lowest BCUT2D eigenvalue weighted by molar-refractivity contribution is -0.143. The summed E-state index contributed by atoms with van der Waals surface area (Å²) in [5.41, 5.74) is 1.11. The fraction of sp³-hybridized carbons (Fsp3) is 0.467. The molecule has 1 rings (SSSR count). The Balaban J connectivity index is 2.50. The van der Waals surface area contributed by atoms with E-state index in [2.05, 4.69) is 6.92 Å². The van der Waals surface area contributed by atoms with E-state index in [-0.39, 0.29) is 12.5 Å². The zero-order chi connectivity index (χ0) is 14.8. The van der Waals surface area contributed by atoms with Gasteiger partial charge in [0.25, 0.3) is 0 Å². The van der Waals surface area contributed by atoms with E-state index in [0.717, 1.165) is 17.7 Å². The number of carbonyl (C=O) groups excluding carboxylic acids is 1. The molecule has 0 spiro atoms. The van der Waals surface area contributed by atoms with Gasteiger partial charge in [0.2, 0.25) is 5.91 Å². The van der Waals surface area contributed by atoms with E-state index in [0.29, 0.717) is 18.7 Å². The number of thioether (sulfide) groups is 1. The Labute approximate surface area is 124 Å². The molecule has 0 aliphatic heterocycles. The van der Waals surface area contributed by atoms with Crippen molar-refractivity contribution in [3.8, 4) is 0 Å². The average molecular weight is 295 g/mol. The lowest BCUT2D eigenvalue weighted by atomic mass is 10.1. The van der Waals surface area contributed by atoms with Gasteiger partial charge in [-0.25, -0.2) is 0 Å². The van der Waals surface area contributed by atoms with Crippen LogP contribution in [0.3, 0.4) is 0 Å². The first-order chi connectivity index (χ1) is 9.63. The Kier molecular flexibility index (Phi) is 7.80. The second kappa shape index (κ2) is 9.42. The molecule has 1 aromatic rings. The van der Waals surface area contributed by atoms with E-state index in [1.54, 1.807) is 11.8 Å². The molecule has 5 heteroatoms. The number of amides is 1. The number of carbonyl (C=O) groups is 2. The number of nitrogens with zero attached hydrogens (tertiary/aromatic N) is 1. The highest BCUT2D eigenvalue weighted by Crippen LogP contribution is 2.06. The molecule has 110 valence electrons. The van der Waals surface area contributed by atoms with Crippen molar-refractivity contribution in [2.45, 2.75) is 19.8 Å². The molecule has 0 heterocycles. The van der Waals surface area contributed by atoms with Crippen molar-refractivity contribution in [2.24, 2.45) is 0 Å². The molecule has 0 unspecified atom stereocenters. The van der Waals surface area contributed by atoms with Crippen LogP contribution < -0.4 is 0 Å². The molecule has 1 amide bonds. The maximum atomic E-state index is 12.0. The molecule has 0 saturated heterocycles. The molecule has 0 bridgehead atoms. The molecule has 0 saturated carbocycles. The zero-order valence-electron chi connectivity index (χ0n) is 11.7. The number of carboxylic acids is 1. The normalized spacial score (nSPS) is 10.2. The number of hydrogen-bond acceptors (Lipinski definition) is 3. The van der Waals surface area contributed by atoms with Crippen LogP contribution in [0.5, 0.6) is 0 Å². The van der Waals surface area contributed by atoms with Crippen LogP contribution in [0.4, 0.5) is 0 Å². The molecule has 20 heavy (non-hydrogen) atoms. The molecule has 0 radical (unpaired) electrons. The van der Waals surface area contributed by atoms with Gasteiger partial charge in [0.05, 0.1) is 5.75 Å². The fourth-order valence-corrected chi connectivity index (χ4v) is 2.55. The number of hydrogen-bond donors (Lipinski definition) is 1. The molecular formula is C15H21NO3S.